The average molecular weight is 396 g/mol. The second-order valence-corrected chi connectivity index (χ2v) is 6.22. The number of ether oxygens (including phenoxy) is 1. The number of amides is 1. The molecule has 0 radical (unpaired) electrons. The van der Waals surface area contributed by atoms with Crippen molar-refractivity contribution in [3.05, 3.63) is 83.0 Å². The summed E-state index contributed by atoms with van der Waals surface area (Å²) in [4.78, 5) is 28.5. The molecule has 3 rings (SSSR count). The van der Waals surface area contributed by atoms with E-state index in [9.17, 15) is 9.59 Å². The van der Waals surface area contributed by atoms with E-state index in [0.717, 1.165) is 0 Å². The molecule has 2 aromatic carbocycles. The molecule has 1 aromatic heterocycles. The molecule has 2 N–H and O–H groups in total. The molecular formula is C21H18ClN3O3. The summed E-state index contributed by atoms with van der Waals surface area (Å²) in [5, 5.41) is 6.34. The molecule has 28 heavy (non-hydrogen) atoms. The first-order chi connectivity index (χ1) is 13.6. The van der Waals surface area contributed by atoms with E-state index in [1.807, 2.05) is 6.07 Å². The number of carbonyl (C=O) groups excluding carboxylic acids is 2. The Bertz CT molecular complexity index is 990. The summed E-state index contributed by atoms with van der Waals surface area (Å²) in [6.45, 7) is 2.06. The highest BCUT2D eigenvalue weighted by Crippen LogP contribution is 2.22. The summed E-state index contributed by atoms with van der Waals surface area (Å²) in [7, 11) is 0. The molecule has 1 heterocycles. The van der Waals surface area contributed by atoms with E-state index in [0.29, 0.717) is 39.9 Å². The molecule has 0 saturated carbocycles. The summed E-state index contributed by atoms with van der Waals surface area (Å²) in [6.07, 6.45) is 1.56. The zero-order valence-corrected chi connectivity index (χ0v) is 15.9. The van der Waals surface area contributed by atoms with Gasteiger partial charge in [0, 0.05) is 10.6 Å². The van der Waals surface area contributed by atoms with Crippen LogP contribution in [0.5, 0.6) is 0 Å². The van der Waals surface area contributed by atoms with Gasteiger partial charge in [0.15, 0.2) is 0 Å². The summed E-state index contributed by atoms with van der Waals surface area (Å²) in [5.41, 5.74) is 2.15. The maximum Gasteiger partial charge on any atom is 0.340 e. The fraction of sp³-hybridized carbons (Fsp3) is 0.0952. The first-order valence-electron chi connectivity index (χ1n) is 8.63. The molecule has 0 aliphatic heterocycles. The van der Waals surface area contributed by atoms with Crippen molar-refractivity contribution in [1.29, 1.82) is 0 Å². The van der Waals surface area contributed by atoms with Gasteiger partial charge in [0.25, 0.3) is 5.91 Å². The predicted molar refractivity (Wildman–Crippen MR) is 109 cm³/mol. The fourth-order valence-electron chi connectivity index (χ4n) is 2.49. The summed E-state index contributed by atoms with van der Waals surface area (Å²) >= 11 is 5.91. The van der Waals surface area contributed by atoms with Crippen molar-refractivity contribution >= 4 is 40.7 Å². The van der Waals surface area contributed by atoms with Crippen LogP contribution in [0.3, 0.4) is 0 Å². The lowest BCUT2D eigenvalue weighted by molar-refractivity contribution is 0.0527. The normalized spacial score (nSPS) is 10.2. The Hall–Kier alpha value is -3.38. The van der Waals surface area contributed by atoms with Crippen LogP contribution in [0.1, 0.15) is 27.6 Å². The molecule has 0 unspecified atom stereocenters. The highest BCUT2D eigenvalue weighted by atomic mass is 35.5. The molecule has 6 nitrogen and oxygen atoms in total. The topological polar surface area (TPSA) is 80.3 Å². The zero-order valence-electron chi connectivity index (χ0n) is 15.1. The van der Waals surface area contributed by atoms with Crippen molar-refractivity contribution in [3.8, 4) is 0 Å². The largest absolute Gasteiger partial charge is 0.462 e. The number of aromatic nitrogens is 1. The van der Waals surface area contributed by atoms with Gasteiger partial charge in [-0.25, -0.2) is 9.78 Å². The monoisotopic (exact) mass is 395 g/mol. The number of halogens is 1. The Labute approximate surface area is 167 Å². The van der Waals surface area contributed by atoms with Gasteiger partial charge in [-0.3, -0.25) is 4.79 Å². The summed E-state index contributed by atoms with van der Waals surface area (Å²) in [6, 6.07) is 17.1. The van der Waals surface area contributed by atoms with E-state index < -0.39 is 5.97 Å². The van der Waals surface area contributed by atoms with E-state index in [1.165, 1.54) is 0 Å². The molecule has 7 heteroatoms. The van der Waals surface area contributed by atoms with Gasteiger partial charge in [0.05, 0.1) is 29.7 Å². The number of rotatable bonds is 6. The van der Waals surface area contributed by atoms with Crippen molar-refractivity contribution in [2.45, 2.75) is 6.92 Å². The van der Waals surface area contributed by atoms with Crippen LogP contribution >= 0.6 is 11.6 Å². The Morgan fingerprint density at radius 1 is 1.07 bits per heavy atom. The van der Waals surface area contributed by atoms with E-state index in [4.69, 9.17) is 16.3 Å². The number of hydrogen-bond acceptors (Lipinski definition) is 5. The molecule has 0 fully saturated rings. The van der Waals surface area contributed by atoms with Crippen LogP contribution in [0.25, 0.3) is 0 Å². The third-order valence-corrected chi connectivity index (χ3v) is 4.03. The van der Waals surface area contributed by atoms with Crippen molar-refractivity contribution < 1.29 is 14.3 Å². The number of anilines is 3. The maximum atomic E-state index is 12.2. The molecule has 0 spiro atoms. The Morgan fingerprint density at radius 2 is 1.89 bits per heavy atom. The SMILES string of the molecule is CCOC(=O)c1ccccc1Nc1ccc(NC(=O)c2cccc(Cl)c2)nc1. The minimum absolute atomic E-state index is 0.301. The van der Waals surface area contributed by atoms with E-state index in [2.05, 4.69) is 15.6 Å². The number of benzene rings is 2. The predicted octanol–water partition coefficient (Wildman–Crippen LogP) is 4.91. The first-order valence-corrected chi connectivity index (χ1v) is 9.00. The molecule has 0 aliphatic carbocycles. The van der Waals surface area contributed by atoms with Gasteiger partial charge in [-0.1, -0.05) is 29.8 Å². The molecule has 1 amide bonds. The first kappa shape index (κ1) is 19.4. The average Bonchev–Trinajstić information content (AvgIpc) is 2.70. The standard InChI is InChI=1S/C21H18ClN3O3/c1-2-28-21(27)17-8-3-4-9-18(17)24-16-10-11-19(23-13-16)25-20(26)14-6-5-7-15(22)12-14/h3-13,24H,2H2,1H3,(H,23,25,26). The van der Waals surface area contributed by atoms with E-state index in [1.54, 1.807) is 67.7 Å². The third-order valence-electron chi connectivity index (χ3n) is 3.79. The minimum Gasteiger partial charge on any atom is -0.462 e. The van der Waals surface area contributed by atoms with Crippen LogP contribution in [0.2, 0.25) is 5.02 Å². The maximum absolute atomic E-state index is 12.2. The second kappa shape index (κ2) is 9.01. The molecular weight excluding hydrogens is 378 g/mol. The number of esters is 1. The van der Waals surface area contributed by atoms with Gasteiger partial charge in [0.1, 0.15) is 5.82 Å². The third kappa shape index (κ3) is 4.86. The lowest BCUT2D eigenvalue weighted by Gasteiger charge is -2.11. The van der Waals surface area contributed by atoms with Crippen molar-refractivity contribution in [2.24, 2.45) is 0 Å². The Morgan fingerprint density at radius 3 is 2.61 bits per heavy atom. The molecule has 0 aliphatic rings. The fourth-order valence-corrected chi connectivity index (χ4v) is 2.68. The van der Waals surface area contributed by atoms with Gasteiger partial charge >= 0.3 is 5.97 Å². The number of nitrogens with one attached hydrogen (secondary N) is 2. The van der Waals surface area contributed by atoms with E-state index in [-0.39, 0.29) is 5.91 Å². The Balaban J connectivity index is 1.70. The van der Waals surface area contributed by atoms with Crippen LogP contribution in [-0.2, 0) is 4.74 Å². The lowest BCUT2D eigenvalue weighted by Crippen LogP contribution is -2.13. The molecule has 0 saturated heterocycles. The lowest BCUT2D eigenvalue weighted by atomic mass is 10.1. The van der Waals surface area contributed by atoms with Gasteiger partial charge in [-0.05, 0) is 49.4 Å². The molecule has 0 atom stereocenters. The Kier molecular flexibility index (Phi) is 6.24. The van der Waals surface area contributed by atoms with Gasteiger partial charge in [0.2, 0.25) is 0 Å². The smallest absolute Gasteiger partial charge is 0.340 e. The van der Waals surface area contributed by atoms with E-state index >= 15 is 0 Å². The number of nitrogens with zero attached hydrogens (tertiary/aromatic N) is 1. The molecule has 0 bridgehead atoms. The van der Waals surface area contributed by atoms with Crippen LogP contribution in [0.4, 0.5) is 17.2 Å². The molecule has 3 aromatic rings. The van der Waals surface area contributed by atoms with Crippen molar-refractivity contribution in [3.63, 3.8) is 0 Å². The number of pyridine rings is 1. The highest BCUT2D eigenvalue weighted by molar-refractivity contribution is 6.31. The van der Waals surface area contributed by atoms with Gasteiger partial charge < -0.3 is 15.4 Å². The summed E-state index contributed by atoms with van der Waals surface area (Å²) < 4.78 is 5.07. The van der Waals surface area contributed by atoms with Crippen molar-refractivity contribution in [1.82, 2.24) is 4.98 Å². The van der Waals surface area contributed by atoms with Crippen LogP contribution in [-0.4, -0.2) is 23.5 Å². The zero-order chi connectivity index (χ0) is 19.9. The number of hydrogen-bond donors (Lipinski definition) is 2. The van der Waals surface area contributed by atoms with Gasteiger partial charge in [-0.15, -0.1) is 0 Å². The van der Waals surface area contributed by atoms with Gasteiger partial charge in [-0.2, -0.15) is 0 Å². The number of carbonyl (C=O) groups is 2. The minimum atomic E-state index is -0.399. The van der Waals surface area contributed by atoms with Crippen LogP contribution in [0.15, 0.2) is 66.9 Å². The molecule has 142 valence electrons. The highest BCUT2D eigenvalue weighted by Gasteiger charge is 2.12. The summed E-state index contributed by atoms with van der Waals surface area (Å²) in [5.74, 6) is -0.304. The number of para-hydroxylation sites is 1. The van der Waals surface area contributed by atoms with Crippen molar-refractivity contribution in [2.75, 3.05) is 17.2 Å². The van der Waals surface area contributed by atoms with Crippen LogP contribution < -0.4 is 10.6 Å². The quantitative estimate of drug-likeness (QED) is 0.580. The van der Waals surface area contributed by atoms with Crippen LogP contribution in [0, 0.1) is 0 Å². The second-order valence-electron chi connectivity index (χ2n) is 5.79.